The highest BCUT2D eigenvalue weighted by Crippen LogP contribution is 2.31. The number of aromatic amines is 2. The summed E-state index contributed by atoms with van der Waals surface area (Å²) in [6, 6.07) is 17.7. The number of anilines is 1. The lowest BCUT2D eigenvalue weighted by Crippen LogP contribution is -2.23. The number of nitrogens with one attached hydrogen (secondary N) is 3. The van der Waals surface area contributed by atoms with Crippen LogP contribution in [0.3, 0.4) is 0 Å². The Labute approximate surface area is 177 Å². The van der Waals surface area contributed by atoms with E-state index in [9.17, 15) is 9.59 Å². The van der Waals surface area contributed by atoms with Gasteiger partial charge in [-0.3, -0.25) is 20.0 Å². The van der Waals surface area contributed by atoms with E-state index in [1.165, 1.54) is 13.2 Å². The van der Waals surface area contributed by atoms with E-state index in [0.717, 1.165) is 5.56 Å². The van der Waals surface area contributed by atoms with Crippen molar-refractivity contribution in [2.75, 3.05) is 19.5 Å². The molecule has 2 aromatic carbocycles. The number of carbonyl (C=O) groups excluding carboxylic acids is 1. The molecule has 0 spiro atoms. The van der Waals surface area contributed by atoms with Gasteiger partial charge in [0, 0.05) is 11.8 Å². The molecule has 0 radical (unpaired) electrons. The zero-order valence-corrected chi connectivity index (χ0v) is 16.8. The van der Waals surface area contributed by atoms with Crippen molar-refractivity contribution in [3.63, 3.8) is 0 Å². The lowest BCUT2D eigenvalue weighted by molar-refractivity contribution is 0.102. The normalized spacial score (nSPS) is 10.5. The molecule has 0 unspecified atom stereocenters. The Morgan fingerprint density at radius 3 is 2.52 bits per heavy atom. The van der Waals surface area contributed by atoms with Crippen molar-refractivity contribution in [3.05, 3.63) is 76.6 Å². The third-order valence-electron chi connectivity index (χ3n) is 4.61. The third-order valence-corrected chi connectivity index (χ3v) is 4.61. The maximum absolute atomic E-state index is 12.6. The molecule has 0 saturated heterocycles. The summed E-state index contributed by atoms with van der Waals surface area (Å²) in [5.41, 5.74) is 1.55. The molecule has 4 rings (SSSR count). The van der Waals surface area contributed by atoms with E-state index in [1.807, 2.05) is 30.3 Å². The quantitative estimate of drug-likeness (QED) is 0.443. The number of hydrogen-bond donors (Lipinski definition) is 3. The number of aromatic nitrogens is 4. The van der Waals surface area contributed by atoms with E-state index < -0.39 is 11.5 Å². The summed E-state index contributed by atoms with van der Waals surface area (Å²) in [6.07, 6.45) is 0. The van der Waals surface area contributed by atoms with Crippen LogP contribution in [0.15, 0.2) is 65.5 Å². The van der Waals surface area contributed by atoms with Crippen LogP contribution >= 0.6 is 0 Å². The Bertz CT molecular complexity index is 1280. The molecule has 156 valence electrons. The monoisotopic (exact) mass is 417 g/mol. The van der Waals surface area contributed by atoms with Crippen LogP contribution in [0, 0.1) is 0 Å². The van der Waals surface area contributed by atoms with Crippen LogP contribution in [0.4, 0.5) is 5.95 Å². The van der Waals surface area contributed by atoms with Crippen molar-refractivity contribution in [2.45, 2.75) is 0 Å². The lowest BCUT2D eigenvalue weighted by atomic mass is 10.1. The summed E-state index contributed by atoms with van der Waals surface area (Å²) in [7, 11) is 3.09. The Morgan fingerprint density at radius 1 is 1.00 bits per heavy atom. The number of H-pyrrole nitrogens is 2. The van der Waals surface area contributed by atoms with E-state index >= 15 is 0 Å². The zero-order valence-electron chi connectivity index (χ0n) is 16.8. The number of nitrogens with zero attached hydrogens (tertiary/aromatic N) is 2. The van der Waals surface area contributed by atoms with Crippen LogP contribution in [0.2, 0.25) is 0 Å². The maximum atomic E-state index is 12.6. The molecule has 0 aliphatic heterocycles. The molecule has 1 amide bonds. The summed E-state index contributed by atoms with van der Waals surface area (Å²) in [6.45, 7) is 0. The predicted molar refractivity (Wildman–Crippen MR) is 115 cm³/mol. The number of rotatable bonds is 6. The molecule has 2 heterocycles. The van der Waals surface area contributed by atoms with Crippen LogP contribution < -0.4 is 20.3 Å². The Hall–Kier alpha value is -4.40. The van der Waals surface area contributed by atoms with Gasteiger partial charge >= 0.3 is 0 Å². The molecule has 0 bridgehead atoms. The Kier molecular flexibility index (Phi) is 5.48. The van der Waals surface area contributed by atoms with E-state index in [0.29, 0.717) is 28.6 Å². The van der Waals surface area contributed by atoms with Gasteiger partial charge in [0.1, 0.15) is 17.1 Å². The fourth-order valence-electron chi connectivity index (χ4n) is 3.04. The number of benzene rings is 2. The summed E-state index contributed by atoms with van der Waals surface area (Å²) < 4.78 is 10.6. The number of amides is 1. The van der Waals surface area contributed by atoms with Crippen LogP contribution in [-0.2, 0) is 0 Å². The van der Waals surface area contributed by atoms with Crippen molar-refractivity contribution in [3.8, 4) is 34.1 Å². The highest BCUT2D eigenvalue weighted by Gasteiger charge is 2.16. The summed E-state index contributed by atoms with van der Waals surface area (Å²) in [5, 5.41) is 9.29. The van der Waals surface area contributed by atoms with Gasteiger partial charge in [-0.1, -0.05) is 30.3 Å². The molecule has 4 aromatic rings. The van der Waals surface area contributed by atoms with Gasteiger partial charge in [0.05, 0.1) is 19.8 Å². The smallest absolute Gasteiger partial charge is 0.263 e. The SMILES string of the molecule is COc1ccc(-c2nc(NC(=O)c3ccc(-c4ccccc4)[nH]c3=O)n[nH]2)c(OC)c1. The topological polar surface area (TPSA) is 122 Å². The van der Waals surface area contributed by atoms with Gasteiger partial charge in [0.2, 0.25) is 5.95 Å². The number of pyridine rings is 1. The standard InChI is InChI=1S/C22H19N5O4/c1-30-14-8-9-15(18(12-14)31-2)19-24-22(27-26-19)25-21(29)16-10-11-17(23-20(16)28)13-6-4-3-5-7-13/h3-12H,1-2H3,(H,23,28)(H2,24,25,26,27,29). The fourth-order valence-corrected chi connectivity index (χ4v) is 3.04. The average Bonchev–Trinajstić information content (AvgIpc) is 3.27. The van der Waals surface area contributed by atoms with Crippen molar-refractivity contribution in [1.82, 2.24) is 20.2 Å². The van der Waals surface area contributed by atoms with E-state index in [2.05, 4.69) is 25.5 Å². The van der Waals surface area contributed by atoms with Gasteiger partial charge in [-0.15, -0.1) is 5.10 Å². The average molecular weight is 417 g/mol. The van der Waals surface area contributed by atoms with Crippen LogP contribution in [0.25, 0.3) is 22.6 Å². The molecule has 0 aliphatic rings. The first kappa shape index (κ1) is 19.9. The zero-order chi connectivity index (χ0) is 21.8. The molecular weight excluding hydrogens is 398 g/mol. The lowest BCUT2D eigenvalue weighted by Gasteiger charge is -2.07. The number of hydrogen-bond acceptors (Lipinski definition) is 6. The molecule has 3 N–H and O–H groups in total. The first-order chi connectivity index (χ1) is 15.1. The minimum absolute atomic E-state index is 0.0319. The molecular formula is C22H19N5O4. The minimum atomic E-state index is -0.617. The molecule has 31 heavy (non-hydrogen) atoms. The van der Waals surface area contributed by atoms with Gasteiger partial charge in [0.15, 0.2) is 5.82 Å². The molecule has 0 fully saturated rings. The molecule has 0 aliphatic carbocycles. The first-order valence-corrected chi connectivity index (χ1v) is 9.34. The van der Waals surface area contributed by atoms with E-state index in [-0.39, 0.29) is 11.5 Å². The van der Waals surface area contributed by atoms with Gasteiger partial charge in [-0.25, -0.2) is 0 Å². The summed E-state index contributed by atoms with van der Waals surface area (Å²) >= 11 is 0. The molecule has 9 nitrogen and oxygen atoms in total. The van der Waals surface area contributed by atoms with Crippen LogP contribution in [0.1, 0.15) is 10.4 Å². The minimum Gasteiger partial charge on any atom is -0.497 e. The molecule has 9 heteroatoms. The van der Waals surface area contributed by atoms with Crippen molar-refractivity contribution < 1.29 is 14.3 Å². The second kappa shape index (κ2) is 8.54. The van der Waals surface area contributed by atoms with Gasteiger partial charge in [0.25, 0.3) is 11.5 Å². The Morgan fingerprint density at radius 2 is 1.81 bits per heavy atom. The van der Waals surface area contributed by atoms with E-state index in [4.69, 9.17) is 9.47 Å². The molecule has 2 aromatic heterocycles. The van der Waals surface area contributed by atoms with Gasteiger partial charge in [-0.05, 0) is 29.8 Å². The van der Waals surface area contributed by atoms with E-state index in [1.54, 1.807) is 31.4 Å². The fraction of sp³-hybridized carbons (Fsp3) is 0.0909. The van der Waals surface area contributed by atoms with Crippen molar-refractivity contribution in [1.29, 1.82) is 0 Å². The molecule has 0 saturated carbocycles. The van der Waals surface area contributed by atoms with Crippen molar-refractivity contribution >= 4 is 11.9 Å². The van der Waals surface area contributed by atoms with Crippen molar-refractivity contribution in [2.24, 2.45) is 0 Å². The molecule has 0 atom stereocenters. The summed E-state index contributed by atoms with van der Waals surface area (Å²) in [4.78, 5) is 32.0. The Balaban J connectivity index is 1.54. The van der Waals surface area contributed by atoms with Crippen LogP contribution in [-0.4, -0.2) is 40.3 Å². The number of carbonyl (C=O) groups is 1. The second-order valence-electron chi connectivity index (χ2n) is 6.51. The van der Waals surface area contributed by atoms with Crippen LogP contribution in [0.5, 0.6) is 11.5 Å². The van der Waals surface area contributed by atoms with Gasteiger partial charge < -0.3 is 14.5 Å². The highest BCUT2D eigenvalue weighted by atomic mass is 16.5. The summed E-state index contributed by atoms with van der Waals surface area (Å²) in [5.74, 6) is 0.966. The highest BCUT2D eigenvalue weighted by molar-refractivity contribution is 6.03. The first-order valence-electron chi connectivity index (χ1n) is 9.34. The van der Waals surface area contributed by atoms with Gasteiger partial charge in [-0.2, -0.15) is 4.98 Å². The maximum Gasteiger partial charge on any atom is 0.263 e. The second-order valence-corrected chi connectivity index (χ2v) is 6.51. The number of ether oxygens (including phenoxy) is 2. The largest absolute Gasteiger partial charge is 0.497 e. The predicted octanol–water partition coefficient (Wildman–Crippen LogP) is 3.10. The number of methoxy groups -OCH3 is 2. The third kappa shape index (κ3) is 4.15.